The molecular weight excluding hydrogens is 302 g/mol. The normalized spacial score (nSPS) is 10.3. The standard InChI is InChI=1S/C18H25N5O/c1-5-6-7-18(24)22-15-10-8-14(9-11-15)21-16-12-17(23(3)4)20-13(2)19-16/h8-12H,5-7H2,1-4H3,(H,22,24)(H,19,20,21). The number of aromatic nitrogens is 2. The van der Waals surface area contributed by atoms with Crippen molar-refractivity contribution in [2.75, 3.05) is 29.6 Å². The number of carbonyl (C=O) groups is 1. The Balaban J connectivity index is 2.02. The van der Waals surface area contributed by atoms with Gasteiger partial charge in [-0.1, -0.05) is 13.3 Å². The van der Waals surface area contributed by atoms with E-state index in [1.807, 2.05) is 56.3 Å². The first-order valence-electron chi connectivity index (χ1n) is 8.18. The summed E-state index contributed by atoms with van der Waals surface area (Å²) in [5.74, 6) is 2.36. The number of carbonyl (C=O) groups excluding carboxylic acids is 1. The number of hydrogen-bond donors (Lipinski definition) is 2. The lowest BCUT2D eigenvalue weighted by atomic mass is 10.2. The smallest absolute Gasteiger partial charge is 0.224 e. The van der Waals surface area contributed by atoms with Gasteiger partial charge in [0.05, 0.1) is 0 Å². The third kappa shape index (κ3) is 5.22. The molecule has 0 unspecified atom stereocenters. The summed E-state index contributed by atoms with van der Waals surface area (Å²) in [5, 5.41) is 6.17. The number of unbranched alkanes of at least 4 members (excludes halogenated alkanes) is 1. The van der Waals surface area contributed by atoms with E-state index in [0.717, 1.165) is 35.9 Å². The van der Waals surface area contributed by atoms with E-state index in [1.165, 1.54) is 0 Å². The molecule has 6 heteroatoms. The van der Waals surface area contributed by atoms with Crippen LogP contribution >= 0.6 is 0 Å². The molecule has 0 atom stereocenters. The van der Waals surface area contributed by atoms with Gasteiger partial charge in [-0.05, 0) is 37.6 Å². The summed E-state index contributed by atoms with van der Waals surface area (Å²) >= 11 is 0. The van der Waals surface area contributed by atoms with Gasteiger partial charge in [-0.3, -0.25) is 4.79 Å². The second kappa shape index (κ2) is 8.29. The van der Waals surface area contributed by atoms with Crippen molar-refractivity contribution in [3.05, 3.63) is 36.2 Å². The lowest BCUT2D eigenvalue weighted by Crippen LogP contribution is -2.12. The average Bonchev–Trinajstić information content (AvgIpc) is 2.54. The summed E-state index contributed by atoms with van der Waals surface area (Å²) in [6.07, 6.45) is 2.49. The van der Waals surface area contributed by atoms with Gasteiger partial charge in [0.1, 0.15) is 17.5 Å². The molecule has 0 saturated carbocycles. The molecule has 2 rings (SSSR count). The van der Waals surface area contributed by atoms with E-state index in [1.54, 1.807) is 0 Å². The third-order valence-corrected chi connectivity index (χ3v) is 3.48. The molecule has 0 spiro atoms. The molecule has 0 saturated heterocycles. The third-order valence-electron chi connectivity index (χ3n) is 3.48. The Hall–Kier alpha value is -2.63. The summed E-state index contributed by atoms with van der Waals surface area (Å²) in [6, 6.07) is 9.50. The van der Waals surface area contributed by atoms with Gasteiger partial charge in [0, 0.05) is 38.0 Å². The number of rotatable bonds is 7. The van der Waals surface area contributed by atoms with Crippen LogP contribution in [-0.2, 0) is 4.79 Å². The van der Waals surface area contributed by atoms with Gasteiger partial charge in [0.2, 0.25) is 5.91 Å². The van der Waals surface area contributed by atoms with Crippen LogP contribution in [0.25, 0.3) is 0 Å². The Morgan fingerprint density at radius 1 is 1.12 bits per heavy atom. The van der Waals surface area contributed by atoms with Crippen molar-refractivity contribution in [2.24, 2.45) is 0 Å². The highest BCUT2D eigenvalue weighted by molar-refractivity contribution is 5.90. The maximum absolute atomic E-state index is 11.7. The highest BCUT2D eigenvalue weighted by Crippen LogP contribution is 2.20. The molecule has 0 fully saturated rings. The van der Waals surface area contributed by atoms with Gasteiger partial charge >= 0.3 is 0 Å². The number of hydrogen-bond acceptors (Lipinski definition) is 5. The fourth-order valence-electron chi connectivity index (χ4n) is 2.19. The van der Waals surface area contributed by atoms with Gasteiger partial charge in [0.15, 0.2) is 0 Å². The number of benzene rings is 1. The van der Waals surface area contributed by atoms with E-state index < -0.39 is 0 Å². The number of nitrogens with zero attached hydrogens (tertiary/aromatic N) is 3. The fraction of sp³-hybridized carbons (Fsp3) is 0.389. The van der Waals surface area contributed by atoms with Crippen LogP contribution in [0.2, 0.25) is 0 Å². The van der Waals surface area contributed by atoms with Crippen LogP contribution in [0.4, 0.5) is 23.0 Å². The summed E-state index contributed by atoms with van der Waals surface area (Å²) in [5.41, 5.74) is 1.71. The van der Waals surface area contributed by atoms with Gasteiger partial charge in [-0.25, -0.2) is 9.97 Å². The molecule has 6 nitrogen and oxygen atoms in total. The minimum absolute atomic E-state index is 0.0552. The first-order chi connectivity index (χ1) is 11.5. The molecule has 0 aliphatic rings. The molecule has 0 aliphatic carbocycles. The predicted octanol–water partition coefficient (Wildman–Crippen LogP) is 3.72. The molecule has 2 N–H and O–H groups in total. The molecule has 1 amide bonds. The molecule has 1 aromatic carbocycles. The quantitative estimate of drug-likeness (QED) is 0.811. The molecule has 24 heavy (non-hydrogen) atoms. The Bertz CT molecular complexity index is 682. The van der Waals surface area contributed by atoms with Crippen LogP contribution in [0.3, 0.4) is 0 Å². The number of amides is 1. The van der Waals surface area contributed by atoms with E-state index in [4.69, 9.17) is 0 Å². The molecule has 1 heterocycles. The van der Waals surface area contributed by atoms with Crippen LogP contribution in [-0.4, -0.2) is 30.0 Å². The molecule has 128 valence electrons. The summed E-state index contributed by atoms with van der Waals surface area (Å²) in [7, 11) is 3.89. The minimum Gasteiger partial charge on any atom is -0.363 e. The second-order valence-corrected chi connectivity index (χ2v) is 5.91. The van der Waals surface area contributed by atoms with Crippen molar-refractivity contribution in [1.29, 1.82) is 0 Å². The van der Waals surface area contributed by atoms with Crippen molar-refractivity contribution < 1.29 is 4.79 Å². The Morgan fingerprint density at radius 2 is 1.79 bits per heavy atom. The second-order valence-electron chi connectivity index (χ2n) is 5.91. The summed E-state index contributed by atoms with van der Waals surface area (Å²) in [4.78, 5) is 22.4. The lowest BCUT2D eigenvalue weighted by Gasteiger charge is -2.14. The highest BCUT2D eigenvalue weighted by atomic mass is 16.1. The zero-order valence-corrected chi connectivity index (χ0v) is 14.8. The molecular formula is C18H25N5O. The van der Waals surface area contributed by atoms with E-state index in [2.05, 4.69) is 27.5 Å². The number of anilines is 4. The lowest BCUT2D eigenvalue weighted by molar-refractivity contribution is -0.116. The Labute approximate surface area is 143 Å². The molecule has 0 radical (unpaired) electrons. The van der Waals surface area contributed by atoms with E-state index in [-0.39, 0.29) is 5.91 Å². The topological polar surface area (TPSA) is 70.2 Å². The first-order valence-corrected chi connectivity index (χ1v) is 8.18. The molecule has 0 aliphatic heterocycles. The molecule has 1 aromatic heterocycles. The average molecular weight is 327 g/mol. The van der Waals surface area contributed by atoms with Crippen molar-refractivity contribution in [1.82, 2.24) is 9.97 Å². The largest absolute Gasteiger partial charge is 0.363 e. The van der Waals surface area contributed by atoms with E-state index in [0.29, 0.717) is 12.2 Å². The van der Waals surface area contributed by atoms with Crippen LogP contribution in [0.5, 0.6) is 0 Å². The van der Waals surface area contributed by atoms with Crippen LogP contribution < -0.4 is 15.5 Å². The van der Waals surface area contributed by atoms with Gasteiger partial charge in [0.25, 0.3) is 0 Å². The highest BCUT2D eigenvalue weighted by Gasteiger charge is 2.05. The number of nitrogens with one attached hydrogen (secondary N) is 2. The zero-order valence-electron chi connectivity index (χ0n) is 14.8. The van der Waals surface area contributed by atoms with Crippen molar-refractivity contribution >= 4 is 28.9 Å². The summed E-state index contributed by atoms with van der Waals surface area (Å²) in [6.45, 7) is 3.94. The van der Waals surface area contributed by atoms with Gasteiger partial charge in [-0.2, -0.15) is 0 Å². The number of aryl methyl sites for hydroxylation is 1. The van der Waals surface area contributed by atoms with Gasteiger partial charge in [-0.15, -0.1) is 0 Å². The van der Waals surface area contributed by atoms with Crippen molar-refractivity contribution in [3.8, 4) is 0 Å². The SMILES string of the molecule is CCCCC(=O)Nc1ccc(Nc2cc(N(C)C)nc(C)n2)cc1. The van der Waals surface area contributed by atoms with Crippen molar-refractivity contribution in [2.45, 2.75) is 33.1 Å². The van der Waals surface area contributed by atoms with E-state index in [9.17, 15) is 4.79 Å². The monoisotopic (exact) mass is 327 g/mol. The predicted molar refractivity (Wildman–Crippen MR) is 99.0 cm³/mol. The Morgan fingerprint density at radius 3 is 2.42 bits per heavy atom. The van der Waals surface area contributed by atoms with Crippen LogP contribution in [0.15, 0.2) is 30.3 Å². The first kappa shape index (κ1) is 17.7. The van der Waals surface area contributed by atoms with Gasteiger partial charge < -0.3 is 15.5 Å². The minimum atomic E-state index is 0.0552. The zero-order chi connectivity index (χ0) is 17.5. The van der Waals surface area contributed by atoms with Crippen molar-refractivity contribution in [3.63, 3.8) is 0 Å². The molecule has 2 aromatic rings. The van der Waals surface area contributed by atoms with Crippen LogP contribution in [0, 0.1) is 6.92 Å². The maximum atomic E-state index is 11.7. The van der Waals surface area contributed by atoms with E-state index >= 15 is 0 Å². The maximum Gasteiger partial charge on any atom is 0.224 e. The Kier molecular flexibility index (Phi) is 6.12. The molecule has 0 bridgehead atoms. The van der Waals surface area contributed by atoms with Crippen LogP contribution in [0.1, 0.15) is 32.0 Å². The summed E-state index contributed by atoms with van der Waals surface area (Å²) < 4.78 is 0. The fourth-order valence-corrected chi connectivity index (χ4v) is 2.19.